The van der Waals surface area contributed by atoms with Gasteiger partial charge in [-0.15, -0.1) is 0 Å². The van der Waals surface area contributed by atoms with Gasteiger partial charge in [-0.2, -0.15) is 0 Å². The van der Waals surface area contributed by atoms with Gasteiger partial charge in [-0.1, -0.05) is 22.6 Å². The number of aromatic hydroxyl groups is 2. The highest BCUT2D eigenvalue weighted by atomic mass is 127. The number of aromatic nitrogens is 1. The molecule has 9 heavy (non-hydrogen) atoms. The zero-order valence-corrected chi connectivity index (χ0v) is 6.74. The molecule has 1 heterocycles. The van der Waals surface area contributed by atoms with Crippen molar-refractivity contribution in [2.45, 2.75) is 4.55 Å². The molecule has 0 fully saturated rings. The largest absolute Gasteiger partial charge is 0.494 e. The Balaban J connectivity index is 3.07. The van der Waals surface area contributed by atoms with E-state index in [0.29, 0.717) is 4.55 Å². The minimum Gasteiger partial charge on any atom is -0.494 e. The van der Waals surface area contributed by atoms with Gasteiger partial charge in [-0.25, -0.2) is 0 Å². The van der Waals surface area contributed by atoms with Gasteiger partial charge in [0.15, 0.2) is 11.8 Å². The fraction of sp³-hybridized carbons (Fsp3) is 0.200. The molecule has 0 aliphatic carbocycles. The maximum Gasteiger partial charge on any atom is 0.194 e. The van der Waals surface area contributed by atoms with Crippen LogP contribution in [0.2, 0.25) is 0 Å². The van der Waals surface area contributed by atoms with Gasteiger partial charge in [0.2, 0.25) is 0 Å². The Hall–Kier alpha value is -0.390. The first-order valence-corrected chi connectivity index (χ1v) is 3.91. The van der Waals surface area contributed by atoms with E-state index < -0.39 is 0 Å². The molecule has 0 spiro atoms. The second kappa shape index (κ2) is 2.47. The number of nitrogens with zero attached hydrogens (tertiary/aromatic N) is 1. The van der Waals surface area contributed by atoms with Crippen molar-refractivity contribution < 1.29 is 10.2 Å². The Labute approximate surface area is 66.1 Å². The van der Waals surface area contributed by atoms with E-state index in [4.69, 9.17) is 10.2 Å². The van der Waals surface area contributed by atoms with Gasteiger partial charge in [-0.3, -0.25) is 4.57 Å². The maximum atomic E-state index is 8.93. The minimum atomic E-state index is 0.0990. The topological polar surface area (TPSA) is 45.4 Å². The van der Waals surface area contributed by atoms with Crippen LogP contribution >= 0.6 is 22.6 Å². The highest BCUT2D eigenvalue weighted by Crippen LogP contribution is 2.21. The molecule has 1 rings (SSSR count). The molecule has 2 N–H and O–H groups in total. The first kappa shape index (κ1) is 6.73. The lowest BCUT2D eigenvalue weighted by Crippen LogP contribution is -1.87. The molecule has 0 aromatic carbocycles. The van der Waals surface area contributed by atoms with Crippen molar-refractivity contribution in [3.8, 4) is 11.8 Å². The molecule has 0 atom stereocenters. The summed E-state index contributed by atoms with van der Waals surface area (Å²) in [5, 5.41) is 17.9. The summed E-state index contributed by atoms with van der Waals surface area (Å²) in [4.78, 5) is 0. The first-order chi connectivity index (χ1) is 4.25. The number of hydrogen-bond acceptors (Lipinski definition) is 2. The van der Waals surface area contributed by atoms with Crippen LogP contribution in [0.15, 0.2) is 12.1 Å². The predicted octanol–water partition coefficient (Wildman–Crippen LogP) is 1.29. The number of rotatable bonds is 1. The third-order valence-electron chi connectivity index (χ3n) is 1.05. The van der Waals surface area contributed by atoms with Crippen LogP contribution in [0.4, 0.5) is 0 Å². The molecule has 0 unspecified atom stereocenters. The van der Waals surface area contributed by atoms with Crippen LogP contribution in [0.25, 0.3) is 0 Å². The normalized spacial score (nSPS) is 9.89. The molecule has 0 bridgehead atoms. The molecular weight excluding hydrogens is 233 g/mol. The molecule has 0 radical (unpaired) electrons. The second-order valence-corrected chi connectivity index (χ2v) is 2.28. The van der Waals surface area contributed by atoms with E-state index in [-0.39, 0.29) is 11.8 Å². The van der Waals surface area contributed by atoms with Gasteiger partial charge in [0.05, 0.1) is 4.55 Å². The minimum absolute atomic E-state index is 0.0990. The van der Waals surface area contributed by atoms with Crippen LogP contribution in [0.3, 0.4) is 0 Å². The van der Waals surface area contributed by atoms with E-state index in [1.165, 1.54) is 16.7 Å². The Morgan fingerprint density at radius 3 is 2.00 bits per heavy atom. The molecule has 1 aromatic rings. The number of halogens is 1. The van der Waals surface area contributed by atoms with Crippen molar-refractivity contribution >= 4 is 22.6 Å². The molecule has 0 aliphatic heterocycles. The van der Waals surface area contributed by atoms with Crippen LogP contribution in [0.5, 0.6) is 11.8 Å². The van der Waals surface area contributed by atoms with Crippen molar-refractivity contribution in [1.82, 2.24) is 4.57 Å². The standard InChI is InChI=1S/C5H6INO2/c6-3-7-4(8)1-2-5(7)9/h1-2,8-9H,3H2. The van der Waals surface area contributed by atoms with Crippen molar-refractivity contribution in [2.24, 2.45) is 0 Å². The summed E-state index contributed by atoms with van der Waals surface area (Å²) in [6.45, 7) is 0. The van der Waals surface area contributed by atoms with Crippen molar-refractivity contribution in [2.75, 3.05) is 0 Å². The van der Waals surface area contributed by atoms with E-state index >= 15 is 0 Å². The van der Waals surface area contributed by atoms with Gasteiger partial charge in [0, 0.05) is 12.1 Å². The van der Waals surface area contributed by atoms with Crippen LogP contribution in [-0.4, -0.2) is 14.8 Å². The lowest BCUT2D eigenvalue weighted by atomic mass is 10.6. The molecule has 0 saturated heterocycles. The van der Waals surface area contributed by atoms with Gasteiger partial charge < -0.3 is 10.2 Å². The maximum absolute atomic E-state index is 8.93. The third kappa shape index (κ3) is 1.12. The summed E-state index contributed by atoms with van der Waals surface area (Å²) in [6, 6.07) is 2.90. The zero-order chi connectivity index (χ0) is 6.85. The van der Waals surface area contributed by atoms with Crippen molar-refractivity contribution in [1.29, 1.82) is 0 Å². The summed E-state index contributed by atoms with van der Waals surface area (Å²) in [6.07, 6.45) is 0. The quantitative estimate of drug-likeness (QED) is 0.573. The molecule has 0 aliphatic rings. The van der Waals surface area contributed by atoms with Gasteiger partial charge in [0.1, 0.15) is 0 Å². The van der Waals surface area contributed by atoms with Crippen LogP contribution in [0.1, 0.15) is 0 Å². The summed E-state index contributed by atoms with van der Waals surface area (Å²) in [5.74, 6) is 0.198. The Bertz CT molecular complexity index is 189. The highest BCUT2D eigenvalue weighted by molar-refractivity contribution is 14.1. The average Bonchev–Trinajstić information content (AvgIpc) is 2.12. The summed E-state index contributed by atoms with van der Waals surface area (Å²) < 4.78 is 1.95. The number of alkyl halides is 1. The summed E-state index contributed by atoms with van der Waals surface area (Å²) in [5.41, 5.74) is 0. The van der Waals surface area contributed by atoms with Crippen molar-refractivity contribution in [3.63, 3.8) is 0 Å². The highest BCUT2D eigenvalue weighted by Gasteiger charge is 2.01. The monoisotopic (exact) mass is 239 g/mol. The predicted molar refractivity (Wildman–Crippen MR) is 41.8 cm³/mol. The summed E-state index contributed by atoms with van der Waals surface area (Å²) in [7, 11) is 0. The SMILES string of the molecule is Oc1ccc(O)n1CI. The Kier molecular flexibility index (Phi) is 1.84. The zero-order valence-electron chi connectivity index (χ0n) is 4.58. The van der Waals surface area contributed by atoms with Gasteiger partial charge in [-0.05, 0) is 0 Å². The molecular formula is C5H6INO2. The first-order valence-electron chi connectivity index (χ1n) is 2.39. The van der Waals surface area contributed by atoms with Crippen molar-refractivity contribution in [3.05, 3.63) is 12.1 Å². The lowest BCUT2D eigenvalue weighted by Gasteiger charge is -1.98. The van der Waals surface area contributed by atoms with Crippen LogP contribution < -0.4 is 0 Å². The van der Waals surface area contributed by atoms with Crippen LogP contribution in [0, 0.1) is 0 Å². The Morgan fingerprint density at radius 2 is 1.78 bits per heavy atom. The summed E-state index contributed by atoms with van der Waals surface area (Å²) >= 11 is 2.04. The van der Waals surface area contributed by atoms with Crippen LogP contribution in [-0.2, 0) is 4.55 Å². The number of hydrogen-bond donors (Lipinski definition) is 2. The smallest absolute Gasteiger partial charge is 0.194 e. The van der Waals surface area contributed by atoms with E-state index in [0.717, 1.165) is 0 Å². The molecule has 4 heteroatoms. The van der Waals surface area contributed by atoms with E-state index in [1.54, 1.807) is 0 Å². The van der Waals surface area contributed by atoms with E-state index in [1.807, 2.05) is 22.6 Å². The Morgan fingerprint density at radius 1 is 1.33 bits per heavy atom. The van der Waals surface area contributed by atoms with Gasteiger partial charge >= 0.3 is 0 Å². The average molecular weight is 239 g/mol. The molecule has 0 amide bonds. The van der Waals surface area contributed by atoms with Gasteiger partial charge in [0.25, 0.3) is 0 Å². The fourth-order valence-electron chi connectivity index (χ4n) is 0.569. The fourth-order valence-corrected chi connectivity index (χ4v) is 1.27. The third-order valence-corrected chi connectivity index (χ3v) is 1.74. The molecule has 1 aromatic heterocycles. The van der Waals surface area contributed by atoms with E-state index in [9.17, 15) is 0 Å². The molecule has 3 nitrogen and oxygen atoms in total. The second-order valence-electron chi connectivity index (χ2n) is 1.60. The molecule has 0 saturated carbocycles. The molecule has 50 valence electrons. The van der Waals surface area contributed by atoms with E-state index in [2.05, 4.69) is 0 Å². The lowest BCUT2D eigenvalue weighted by molar-refractivity contribution is 0.387.